The molecule has 1 N–H and O–H groups in total. The monoisotopic (exact) mass is 449 g/mol. The van der Waals surface area contributed by atoms with E-state index in [2.05, 4.69) is 5.32 Å². The Morgan fingerprint density at radius 1 is 1.20 bits per heavy atom. The van der Waals surface area contributed by atoms with Crippen LogP contribution in [0.3, 0.4) is 0 Å². The summed E-state index contributed by atoms with van der Waals surface area (Å²) in [5.41, 5.74) is 0.487. The van der Waals surface area contributed by atoms with E-state index in [0.717, 1.165) is 6.07 Å². The molecule has 6 nitrogen and oxygen atoms in total. The van der Waals surface area contributed by atoms with Gasteiger partial charge in [0.25, 0.3) is 6.43 Å². The molecule has 0 aromatic heterocycles. The van der Waals surface area contributed by atoms with Crippen molar-refractivity contribution in [2.75, 3.05) is 18.1 Å². The molecule has 0 radical (unpaired) electrons. The first-order valence-electron chi connectivity index (χ1n) is 9.82. The molecule has 10 heteroatoms. The molecule has 0 saturated carbocycles. The second-order valence-corrected chi connectivity index (χ2v) is 9.80. The minimum atomic E-state index is -3.38. The van der Waals surface area contributed by atoms with Crippen molar-refractivity contribution in [3.8, 4) is 5.75 Å². The molecule has 2 rings (SSSR count). The van der Waals surface area contributed by atoms with Gasteiger partial charge in [0.1, 0.15) is 6.61 Å². The Morgan fingerprint density at radius 2 is 1.93 bits per heavy atom. The number of imide groups is 1. The number of amides is 2. The van der Waals surface area contributed by atoms with Crippen LogP contribution >= 0.6 is 0 Å². The van der Waals surface area contributed by atoms with E-state index in [1.165, 1.54) is 12.1 Å². The minimum Gasteiger partial charge on any atom is -0.485 e. The van der Waals surface area contributed by atoms with Gasteiger partial charge >= 0.3 is 0 Å². The zero-order valence-electron chi connectivity index (χ0n) is 16.7. The lowest BCUT2D eigenvalue weighted by Gasteiger charge is -2.15. The van der Waals surface area contributed by atoms with Crippen molar-refractivity contribution in [2.45, 2.75) is 51.4 Å². The summed E-state index contributed by atoms with van der Waals surface area (Å²) in [4.78, 5) is 22.6. The number of hydrogen-bond donors (Lipinski definition) is 1. The number of nitrogens with one attached hydrogen (secondary N) is 1. The molecule has 1 heterocycles. The lowest BCUT2D eigenvalue weighted by atomic mass is 10.00. The SMILES string of the molecule is C[C@@H](CS(=O)(=O)CCCCCC1CC(=O)NC1=O)c1ccc(F)c(OCC(F)F)c1. The third-order valence-corrected chi connectivity index (χ3v) is 6.88. The van der Waals surface area contributed by atoms with Crippen molar-refractivity contribution >= 4 is 21.7 Å². The number of alkyl halides is 2. The summed E-state index contributed by atoms with van der Waals surface area (Å²) >= 11 is 0. The summed E-state index contributed by atoms with van der Waals surface area (Å²) in [6.45, 7) is 0.723. The molecule has 2 atom stereocenters. The van der Waals surface area contributed by atoms with Gasteiger partial charge < -0.3 is 4.74 Å². The molecule has 1 aromatic carbocycles. The quantitative estimate of drug-likeness (QED) is 0.391. The molecule has 2 amide bonds. The zero-order chi connectivity index (χ0) is 22.3. The van der Waals surface area contributed by atoms with Crippen molar-refractivity contribution in [3.05, 3.63) is 29.6 Å². The Bertz CT molecular complexity index is 860. The summed E-state index contributed by atoms with van der Waals surface area (Å²) in [7, 11) is -3.38. The predicted octanol–water partition coefficient (Wildman–Crippen LogP) is 3.21. The molecule has 168 valence electrons. The second-order valence-electron chi connectivity index (χ2n) is 7.57. The van der Waals surface area contributed by atoms with Crippen LogP contribution in [0.25, 0.3) is 0 Å². The van der Waals surface area contributed by atoms with E-state index in [4.69, 9.17) is 4.74 Å². The number of halogens is 3. The van der Waals surface area contributed by atoms with E-state index in [-0.39, 0.29) is 41.4 Å². The molecule has 1 unspecified atom stereocenters. The van der Waals surface area contributed by atoms with Gasteiger partial charge in [-0.05, 0) is 36.5 Å². The first-order valence-corrected chi connectivity index (χ1v) is 11.6. The average Bonchev–Trinajstić information content (AvgIpc) is 2.97. The maximum Gasteiger partial charge on any atom is 0.272 e. The van der Waals surface area contributed by atoms with Gasteiger partial charge in [-0.3, -0.25) is 14.9 Å². The summed E-state index contributed by atoms with van der Waals surface area (Å²) < 4.78 is 67.7. The molecule has 1 fully saturated rings. The van der Waals surface area contributed by atoms with E-state index in [1.54, 1.807) is 6.92 Å². The summed E-state index contributed by atoms with van der Waals surface area (Å²) in [5, 5.41) is 2.25. The number of ether oxygens (including phenoxy) is 1. The van der Waals surface area contributed by atoms with Crippen LogP contribution in [0.5, 0.6) is 5.75 Å². The van der Waals surface area contributed by atoms with Crippen LogP contribution in [-0.2, 0) is 19.4 Å². The Labute approximate surface area is 174 Å². The summed E-state index contributed by atoms with van der Waals surface area (Å²) in [5.74, 6) is -2.62. The molecule has 1 aliphatic heterocycles. The third kappa shape index (κ3) is 7.62. The number of hydrogen-bond acceptors (Lipinski definition) is 5. The molecular formula is C20H26F3NO5S. The maximum absolute atomic E-state index is 13.7. The van der Waals surface area contributed by atoms with Gasteiger partial charge in [0.2, 0.25) is 11.8 Å². The van der Waals surface area contributed by atoms with E-state index in [0.29, 0.717) is 31.2 Å². The van der Waals surface area contributed by atoms with Crippen molar-refractivity contribution in [1.82, 2.24) is 5.32 Å². The van der Waals surface area contributed by atoms with E-state index in [1.807, 2.05) is 0 Å². The second kappa shape index (κ2) is 10.8. The molecule has 1 aliphatic rings. The topological polar surface area (TPSA) is 89.5 Å². The Hall–Kier alpha value is -2.10. The largest absolute Gasteiger partial charge is 0.485 e. The Kier molecular flexibility index (Phi) is 8.69. The fourth-order valence-electron chi connectivity index (χ4n) is 3.38. The van der Waals surface area contributed by atoms with E-state index >= 15 is 0 Å². The molecule has 0 bridgehead atoms. The van der Waals surface area contributed by atoms with Crippen LogP contribution < -0.4 is 10.1 Å². The lowest BCUT2D eigenvalue weighted by molar-refractivity contribution is -0.125. The smallest absolute Gasteiger partial charge is 0.272 e. The minimum absolute atomic E-state index is 0.0247. The molecule has 0 spiro atoms. The van der Waals surface area contributed by atoms with Crippen LogP contribution in [0.15, 0.2) is 18.2 Å². The summed E-state index contributed by atoms with van der Waals surface area (Å²) in [6.07, 6.45) is -0.300. The Balaban J connectivity index is 1.79. The van der Waals surface area contributed by atoms with Gasteiger partial charge in [0.05, 0.1) is 11.5 Å². The predicted molar refractivity (Wildman–Crippen MR) is 105 cm³/mol. The molecule has 30 heavy (non-hydrogen) atoms. The average molecular weight is 449 g/mol. The normalized spacial score (nSPS) is 18.0. The first kappa shape index (κ1) is 24.2. The lowest BCUT2D eigenvalue weighted by Crippen LogP contribution is -2.22. The van der Waals surface area contributed by atoms with Gasteiger partial charge in [-0.15, -0.1) is 0 Å². The third-order valence-electron chi connectivity index (χ3n) is 4.97. The number of carbonyl (C=O) groups is 2. The fraction of sp³-hybridized carbons (Fsp3) is 0.600. The zero-order valence-corrected chi connectivity index (χ0v) is 17.5. The standard InChI is InChI=1S/C20H26F3NO5S/c1-13(14-6-7-16(21)17(9-14)29-11-18(22)23)12-30(27,28)8-4-2-3-5-15-10-19(25)24-20(15)26/h6-7,9,13,15,18H,2-5,8,10-12H2,1H3,(H,24,25,26)/t13-,15?/m0/s1. The highest BCUT2D eigenvalue weighted by Crippen LogP contribution is 2.26. The number of unbranched alkanes of at least 4 members (excludes halogenated alkanes) is 2. The fourth-order valence-corrected chi connectivity index (χ4v) is 5.14. The number of carbonyl (C=O) groups excluding carboxylic acids is 2. The maximum atomic E-state index is 13.7. The highest BCUT2D eigenvalue weighted by molar-refractivity contribution is 7.91. The van der Waals surface area contributed by atoms with Crippen LogP contribution in [0.2, 0.25) is 0 Å². The van der Waals surface area contributed by atoms with Crippen molar-refractivity contribution in [3.63, 3.8) is 0 Å². The van der Waals surface area contributed by atoms with Crippen molar-refractivity contribution < 1.29 is 35.9 Å². The van der Waals surface area contributed by atoms with Crippen molar-refractivity contribution in [2.24, 2.45) is 5.92 Å². The van der Waals surface area contributed by atoms with Crippen molar-refractivity contribution in [1.29, 1.82) is 0 Å². The molecule has 1 saturated heterocycles. The molecule has 1 aromatic rings. The van der Waals surface area contributed by atoms with Gasteiger partial charge in [-0.25, -0.2) is 21.6 Å². The highest BCUT2D eigenvalue weighted by atomic mass is 32.2. The number of benzene rings is 1. The molecule has 0 aliphatic carbocycles. The van der Waals surface area contributed by atoms with Gasteiger partial charge in [-0.1, -0.05) is 25.8 Å². The van der Waals surface area contributed by atoms with E-state index in [9.17, 15) is 31.2 Å². The number of rotatable bonds is 12. The van der Waals surface area contributed by atoms with Gasteiger partial charge in [0, 0.05) is 12.3 Å². The Morgan fingerprint density at radius 3 is 2.57 bits per heavy atom. The molecular weight excluding hydrogens is 423 g/mol. The van der Waals surface area contributed by atoms with Gasteiger partial charge in [-0.2, -0.15) is 0 Å². The highest BCUT2D eigenvalue weighted by Gasteiger charge is 2.29. The van der Waals surface area contributed by atoms with Crippen LogP contribution in [0, 0.1) is 11.7 Å². The van der Waals surface area contributed by atoms with E-state index < -0.39 is 34.6 Å². The number of sulfone groups is 1. The van der Waals surface area contributed by atoms with Crippen LogP contribution in [-0.4, -0.2) is 44.8 Å². The first-order chi connectivity index (χ1) is 14.1. The van der Waals surface area contributed by atoms with Crippen LogP contribution in [0.1, 0.15) is 50.5 Å². The summed E-state index contributed by atoms with van der Waals surface area (Å²) in [6, 6.07) is 3.74. The van der Waals surface area contributed by atoms with Gasteiger partial charge in [0.15, 0.2) is 21.4 Å². The van der Waals surface area contributed by atoms with Crippen LogP contribution in [0.4, 0.5) is 13.2 Å².